The van der Waals surface area contributed by atoms with Crippen LogP contribution < -0.4 is 10.0 Å². The van der Waals surface area contributed by atoms with Crippen LogP contribution in [0.1, 0.15) is 17.0 Å². The van der Waals surface area contributed by atoms with Gasteiger partial charge in [0, 0.05) is 19.8 Å². The van der Waals surface area contributed by atoms with Crippen LogP contribution in [0.5, 0.6) is 0 Å². The van der Waals surface area contributed by atoms with Gasteiger partial charge < -0.3 is 14.8 Å². The summed E-state index contributed by atoms with van der Waals surface area (Å²) < 4.78 is 0. The van der Waals surface area contributed by atoms with Crippen LogP contribution in [0.25, 0.3) is 0 Å². The molecule has 0 fully saturated rings. The standard InChI is InChI=1S/C11H16N4O3/c1-7-8(2)12-10(15(4)6-16)13-9(7)5-14(3)11(17)18/h6H,5H2,1-4H3,(H,17,18)/p-1. The third-order valence-corrected chi connectivity index (χ3v) is 2.65. The zero-order chi connectivity index (χ0) is 13.9. The smallest absolute Gasteiger partial charge is 0.232 e. The van der Waals surface area contributed by atoms with Gasteiger partial charge in [-0.25, -0.2) is 9.97 Å². The Labute approximate surface area is 105 Å². The van der Waals surface area contributed by atoms with E-state index in [0.29, 0.717) is 17.8 Å². The molecule has 1 rings (SSSR count). The highest BCUT2D eigenvalue weighted by Gasteiger charge is 2.12. The van der Waals surface area contributed by atoms with Crippen LogP contribution in [0.2, 0.25) is 0 Å². The number of aromatic nitrogens is 2. The number of anilines is 1. The molecule has 0 spiro atoms. The molecule has 7 nitrogen and oxygen atoms in total. The van der Waals surface area contributed by atoms with E-state index in [2.05, 4.69) is 9.97 Å². The molecule has 0 atom stereocenters. The van der Waals surface area contributed by atoms with Gasteiger partial charge in [-0.15, -0.1) is 0 Å². The SMILES string of the molecule is Cc1nc(N(C)C=O)nc(CN(C)C(=O)[O-])c1C. The highest BCUT2D eigenvalue weighted by Crippen LogP contribution is 2.15. The van der Waals surface area contributed by atoms with Gasteiger partial charge in [0.05, 0.1) is 12.2 Å². The van der Waals surface area contributed by atoms with Crippen molar-refractivity contribution in [3.63, 3.8) is 0 Å². The first-order valence-corrected chi connectivity index (χ1v) is 5.31. The maximum Gasteiger partial charge on any atom is 0.232 e. The summed E-state index contributed by atoms with van der Waals surface area (Å²) >= 11 is 0. The van der Waals surface area contributed by atoms with Crippen LogP contribution in [0, 0.1) is 13.8 Å². The maximum absolute atomic E-state index is 10.7. The van der Waals surface area contributed by atoms with E-state index < -0.39 is 6.09 Å². The normalized spacial score (nSPS) is 10.0. The number of rotatable bonds is 4. The van der Waals surface area contributed by atoms with Crippen LogP contribution in [0.3, 0.4) is 0 Å². The second-order valence-corrected chi connectivity index (χ2v) is 4.02. The molecule has 18 heavy (non-hydrogen) atoms. The molecule has 98 valence electrons. The minimum atomic E-state index is -1.28. The molecular weight excluding hydrogens is 236 g/mol. The highest BCUT2D eigenvalue weighted by atomic mass is 16.4. The Kier molecular flexibility index (Phi) is 4.19. The minimum Gasteiger partial charge on any atom is -0.530 e. The largest absolute Gasteiger partial charge is 0.530 e. The fourth-order valence-corrected chi connectivity index (χ4v) is 1.32. The summed E-state index contributed by atoms with van der Waals surface area (Å²) in [5.41, 5.74) is 2.06. The maximum atomic E-state index is 10.7. The van der Waals surface area contributed by atoms with Crippen molar-refractivity contribution in [2.75, 3.05) is 19.0 Å². The van der Waals surface area contributed by atoms with E-state index in [0.717, 1.165) is 10.5 Å². The molecule has 0 N–H and O–H groups in total. The molecule has 0 aromatic carbocycles. The van der Waals surface area contributed by atoms with E-state index in [1.54, 1.807) is 13.8 Å². The van der Waals surface area contributed by atoms with Crippen molar-refractivity contribution in [1.29, 1.82) is 0 Å². The van der Waals surface area contributed by atoms with E-state index in [1.807, 2.05) is 0 Å². The van der Waals surface area contributed by atoms with Gasteiger partial charge in [0.15, 0.2) is 0 Å². The number of carbonyl (C=O) groups is 2. The summed E-state index contributed by atoms with van der Waals surface area (Å²) in [6.07, 6.45) is -0.688. The number of amides is 2. The molecule has 2 amide bonds. The van der Waals surface area contributed by atoms with Gasteiger partial charge in [0.2, 0.25) is 12.4 Å². The topological polar surface area (TPSA) is 89.5 Å². The fraction of sp³-hybridized carbons (Fsp3) is 0.455. The Morgan fingerprint density at radius 2 is 1.94 bits per heavy atom. The molecular formula is C11H15N4O3-. The Morgan fingerprint density at radius 3 is 2.44 bits per heavy atom. The molecule has 0 saturated carbocycles. The Balaban J connectivity index is 3.14. The Morgan fingerprint density at radius 1 is 1.33 bits per heavy atom. The number of hydrogen-bond donors (Lipinski definition) is 0. The van der Waals surface area contributed by atoms with Gasteiger partial charge in [-0.1, -0.05) is 0 Å². The van der Waals surface area contributed by atoms with Crippen molar-refractivity contribution in [2.45, 2.75) is 20.4 Å². The summed E-state index contributed by atoms with van der Waals surface area (Å²) in [6, 6.07) is 0. The van der Waals surface area contributed by atoms with E-state index in [-0.39, 0.29) is 12.5 Å². The van der Waals surface area contributed by atoms with Crippen molar-refractivity contribution < 1.29 is 14.7 Å². The number of aryl methyl sites for hydroxylation is 1. The lowest BCUT2D eigenvalue weighted by atomic mass is 10.2. The van der Waals surface area contributed by atoms with Crippen molar-refractivity contribution in [3.8, 4) is 0 Å². The first-order valence-electron chi connectivity index (χ1n) is 5.31. The molecule has 0 aliphatic carbocycles. The van der Waals surface area contributed by atoms with Crippen molar-refractivity contribution >= 4 is 18.5 Å². The van der Waals surface area contributed by atoms with Gasteiger partial charge in [0.1, 0.15) is 6.09 Å². The second-order valence-electron chi connectivity index (χ2n) is 4.02. The lowest BCUT2D eigenvalue weighted by Crippen LogP contribution is -2.38. The highest BCUT2D eigenvalue weighted by molar-refractivity contribution is 5.70. The zero-order valence-electron chi connectivity index (χ0n) is 10.8. The average Bonchev–Trinajstić information content (AvgIpc) is 2.33. The van der Waals surface area contributed by atoms with Gasteiger partial charge >= 0.3 is 0 Å². The summed E-state index contributed by atoms with van der Waals surface area (Å²) in [5.74, 6) is 0.245. The molecule has 0 bridgehead atoms. The molecule has 7 heteroatoms. The van der Waals surface area contributed by atoms with Gasteiger partial charge in [-0.05, 0) is 19.4 Å². The third kappa shape index (κ3) is 2.93. The minimum absolute atomic E-state index is 0.0945. The van der Waals surface area contributed by atoms with Crippen LogP contribution >= 0.6 is 0 Å². The predicted octanol–water partition coefficient (Wildman–Crippen LogP) is -0.539. The average molecular weight is 251 g/mol. The lowest BCUT2D eigenvalue weighted by Gasteiger charge is -2.21. The van der Waals surface area contributed by atoms with E-state index in [9.17, 15) is 14.7 Å². The third-order valence-electron chi connectivity index (χ3n) is 2.65. The lowest BCUT2D eigenvalue weighted by molar-refractivity contribution is -0.264. The summed E-state index contributed by atoms with van der Waals surface area (Å²) in [7, 11) is 2.93. The zero-order valence-corrected chi connectivity index (χ0v) is 10.8. The number of hydrogen-bond acceptors (Lipinski definition) is 5. The van der Waals surface area contributed by atoms with Crippen LogP contribution in [0.4, 0.5) is 10.7 Å². The molecule has 0 saturated heterocycles. The van der Waals surface area contributed by atoms with Gasteiger partial charge in [-0.3, -0.25) is 9.69 Å². The summed E-state index contributed by atoms with van der Waals surface area (Å²) in [5, 5.41) is 10.7. The fourth-order valence-electron chi connectivity index (χ4n) is 1.32. The molecule has 0 aliphatic rings. The first kappa shape index (κ1) is 13.9. The van der Waals surface area contributed by atoms with Crippen LogP contribution in [-0.4, -0.2) is 41.5 Å². The Bertz CT molecular complexity index is 476. The molecule has 1 aromatic rings. The molecule has 0 radical (unpaired) electrons. The van der Waals surface area contributed by atoms with E-state index in [1.165, 1.54) is 19.0 Å². The Hall–Kier alpha value is -2.18. The second kappa shape index (κ2) is 5.44. The van der Waals surface area contributed by atoms with Crippen molar-refractivity contribution in [1.82, 2.24) is 14.9 Å². The number of nitrogens with zero attached hydrogens (tertiary/aromatic N) is 4. The first-order chi connectivity index (χ1) is 8.36. The molecule has 1 heterocycles. The van der Waals surface area contributed by atoms with Gasteiger partial charge in [0.25, 0.3) is 0 Å². The summed E-state index contributed by atoms with van der Waals surface area (Å²) in [6.45, 7) is 3.68. The molecule has 0 aliphatic heterocycles. The molecule has 0 unspecified atom stereocenters. The molecule has 1 aromatic heterocycles. The van der Waals surface area contributed by atoms with Crippen LogP contribution in [0.15, 0.2) is 0 Å². The number of carbonyl (C=O) groups excluding carboxylic acids is 2. The predicted molar refractivity (Wildman–Crippen MR) is 62.8 cm³/mol. The van der Waals surface area contributed by atoms with E-state index in [4.69, 9.17) is 0 Å². The van der Waals surface area contributed by atoms with Crippen molar-refractivity contribution in [3.05, 3.63) is 17.0 Å². The van der Waals surface area contributed by atoms with Gasteiger partial charge in [-0.2, -0.15) is 0 Å². The van der Waals surface area contributed by atoms with Crippen LogP contribution in [-0.2, 0) is 11.3 Å². The summed E-state index contributed by atoms with van der Waals surface area (Å²) in [4.78, 5) is 31.9. The monoisotopic (exact) mass is 251 g/mol. The van der Waals surface area contributed by atoms with E-state index >= 15 is 0 Å². The number of carboxylic acid groups (broad SMARTS) is 1. The quantitative estimate of drug-likeness (QED) is 0.670. The van der Waals surface area contributed by atoms with Crippen molar-refractivity contribution in [2.24, 2.45) is 0 Å².